The molecule has 4 heterocycles. The molecule has 2 bridgehead atoms. The van der Waals surface area contributed by atoms with Gasteiger partial charge in [0.1, 0.15) is 17.7 Å². The normalized spacial score (nSPS) is 25.9. The highest BCUT2D eigenvalue weighted by molar-refractivity contribution is 5.72. The SMILES string of the molecule is Cn1cnc(-c2ccc(-c3cnc(N(C4CC4)[C@H]4C[C@@H]5CC[C@@H](N5)[C@H]4F)cn3)c(O)c2)cc1=O. The Morgan fingerprint density at radius 3 is 2.65 bits per heavy atom. The number of fused-ring (bicyclic) bond motifs is 2. The first-order chi connectivity index (χ1) is 16.5. The third-order valence-electron chi connectivity index (χ3n) is 7.30. The molecule has 1 aliphatic carbocycles. The van der Waals surface area contributed by atoms with Crippen molar-refractivity contribution >= 4 is 5.82 Å². The largest absolute Gasteiger partial charge is 0.507 e. The average Bonchev–Trinajstić information content (AvgIpc) is 3.59. The van der Waals surface area contributed by atoms with Gasteiger partial charge in [-0.2, -0.15) is 0 Å². The van der Waals surface area contributed by atoms with Gasteiger partial charge in [0.2, 0.25) is 0 Å². The van der Waals surface area contributed by atoms with E-state index in [-0.39, 0.29) is 23.4 Å². The molecule has 1 aromatic carbocycles. The molecule has 0 amide bonds. The number of aromatic nitrogens is 4. The maximum Gasteiger partial charge on any atom is 0.253 e. The van der Waals surface area contributed by atoms with E-state index in [1.54, 1.807) is 37.6 Å². The van der Waals surface area contributed by atoms with E-state index in [2.05, 4.69) is 25.2 Å². The zero-order chi connectivity index (χ0) is 23.4. The molecule has 3 fully saturated rings. The summed E-state index contributed by atoms with van der Waals surface area (Å²) in [7, 11) is 1.63. The lowest BCUT2D eigenvalue weighted by Gasteiger charge is -2.41. The number of halogens is 1. The van der Waals surface area contributed by atoms with Crippen molar-refractivity contribution in [2.75, 3.05) is 4.90 Å². The monoisotopic (exact) mass is 462 g/mol. The Morgan fingerprint density at radius 1 is 1.09 bits per heavy atom. The van der Waals surface area contributed by atoms with Crippen molar-refractivity contribution in [3.63, 3.8) is 0 Å². The Kier molecular flexibility index (Phi) is 5.09. The molecule has 1 saturated carbocycles. The van der Waals surface area contributed by atoms with Crippen molar-refractivity contribution in [2.45, 2.75) is 62.4 Å². The van der Waals surface area contributed by atoms with Gasteiger partial charge in [0.15, 0.2) is 0 Å². The third-order valence-corrected chi connectivity index (χ3v) is 7.30. The van der Waals surface area contributed by atoms with Gasteiger partial charge in [0.05, 0.1) is 36.2 Å². The van der Waals surface area contributed by atoms with Crippen molar-refractivity contribution in [3.05, 3.63) is 53.3 Å². The van der Waals surface area contributed by atoms with E-state index in [0.29, 0.717) is 40.4 Å². The van der Waals surface area contributed by atoms with Crippen LogP contribution in [0.2, 0.25) is 0 Å². The van der Waals surface area contributed by atoms with Gasteiger partial charge in [0.25, 0.3) is 5.56 Å². The predicted octanol–water partition coefficient (Wildman–Crippen LogP) is 2.81. The summed E-state index contributed by atoms with van der Waals surface area (Å²) in [5, 5.41) is 14.1. The van der Waals surface area contributed by atoms with Crippen LogP contribution in [0.4, 0.5) is 10.2 Å². The number of benzene rings is 1. The summed E-state index contributed by atoms with van der Waals surface area (Å²) in [5.74, 6) is 0.723. The number of piperidine rings is 1. The quantitative estimate of drug-likeness (QED) is 0.602. The third kappa shape index (κ3) is 3.73. The molecule has 0 radical (unpaired) electrons. The average molecular weight is 463 g/mol. The molecular weight excluding hydrogens is 435 g/mol. The Labute approximate surface area is 196 Å². The van der Waals surface area contributed by atoms with Crippen LogP contribution in [0.5, 0.6) is 5.75 Å². The lowest BCUT2D eigenvalue weighted by Crippen LogP contribution is -2.57. The summed E-state index contributed by atoms with van der Waals surface area (Å²) >= 11 is 0. The molecule has 2 aliphatic heterocycles. The minimum absolute atomic E-state index is 0.0276. The van der Waals surface area contributed by atoms with Gasteiger partial charge in [-0.3, -0.25) is 9.78 Å². The van der Waals surface area contributed by atoms with Crippen LogP contribution in [0.1, 0.15) is 32.1 Å². The fourth-order valence-corrected chi connectivity index (χ4v) is 5.35. The molecule has 2 saturated heterocycles. The van der Waals surface area contributed by atoms with E-state index >= 15 is 4.39 Å². The number of rotatable bonds is 5. The Balaban J connectivity index is 1.26. The van der Waals surface area contributed by atoms with Gasteiger partial charge in [0, 0.05) is 42.4 Å². The summed E-state index contributed by atoms with van der Waals surface area (Å²) in [4.78, 5) is 27.5. The summed E-state index contributed by atoms with van der Waals surface area (Å²) in [6, 6.07) is 7.00. The van der Waals surface area contributed by atoms with Crippen LogP contribution in [-0.2, 0) is 7.05 Å². The molecular formula is C25H27FN6O2. The minimum atomic E-state index is -0.916. The summed E-state index contributed by atoms with van der Waals surface area (Å²) in [5.41, 5.74) is 2.02. The van der Waals surface area contributed by atoms with E-state index in [9.17, 15) is 9.90 Å². The molecule has 0 unspecified atom stereocenters. The van der Waals surface area contributed by atoms with Crippen molar-refractivity contribution in [2.24, 2.45) is 7.05 Å². The number of aryl methyl sites for hydroxylation is 1. The number of hydrogen-bond donors (Lipinski definition) is 2. The number of alkyl halides is 1. The van der Waals surface area contributed by atoms with Crippen LogP contribution in [-0.4, -0.2) is 55.0 Å². The molecule has 3 aliphatic rings. The molecule has 4 atom stereocenters. The first-order valence-corrected chi connectivity index (χ1v) is 11.8. The van der Waals surface area contributed by atoms with E-state index in [0.717, 1.165) is 32.1 Å². The van der Waals surface area contributed by atoms with Crippen LogP contribution in [0.3, 0.4) is 0 Å². The maximum atomic E-state index is 15.3. The molecule has 6 rings (SSSR count). The second-order valence-electron chi connectivity index (χ2n) is 9.65. The lowest BCUT2D eigenvalue weighted by atomic mass is 9.96. The van der Waals surface area contributed by atoms with E-state index < -0.39 is 6.17 Å². The second-order valence-corrected chi connectivity index (χ2v) is 9.65. The standard InChI is InChI=1S/C25H27FN6O2/c1-31-13-29-19(10-24(31)34)14-2-6-17(22(33)8-14)20-11-28-23(12-27-20)32(16-4-5-16)21-9-15-3-7-18(30-15)25(21)26/h2,6,8,10-13,15-16,18,21,25,30,33H,3-5,7,9H2,1H3/t15-,18+,21-,25+/m0/s1. The molecule has 9 heteroatoms. The fourth-order valence-electron chi connectivity index (χ4n) is 5.35. The number of nitrogens with one attached hydrogen (secondary N) is 1. The van der Waals surface area contributed by atoms with Crippen LogP contribution in [0.25, 0.3) is 22.5 Å². The zero-order valence-electron chi connectivity index (χ0n) is 18.9. The van der Waals surface area contributed by atoms with Crippen molar-refractivity contribution < 1.29 is 9.50 Å². The Bertz CT molecular complexity index is 1280. The number of phenols is 1. The smallest absolute Gasteiger partial charge is 0.253 e. The van der Waals surface area contributed by atoms with Crippen LogP contribution in [0.15, 0.2) is 47.8 Å². The first kappa shape index (κ1) is 21.2. The highest BCUT2D eigenvalue weighted by atomic mass is 19.1. The molecule has 3 aromatic rings. The van der Waals surface area contributed by atoms with Crippen LogP contribution < -0.4 is 15.8 Å². The van der Waals surface area contributed by atoms with E-state index in [1.807, 2.05) is 0 Å². The van der Waals surface area contributed by atoms with E-state index in [4.69, 9.17) is 0 Å². The second kappa shape index (κ2) is 8.16. The first-order valence-electron chi connectivity index (χ1n) is 11.8. The van der Waals surface area contributed by atoms with Crippen LogP contribution >= 0.6 is 0 Å². The molecule has 2 aromatic heterocycles. The highest BCUT2D eigenvalue weighted by Crippen LogP contribution is 2.40. The van der Waals surface area contributed by atoms with E-state index in [1.165, 1.54) is 17.0 Å². The summed E-state index contributed by atoms with van der Waals surface area (Å²) in [6.45, 7) is 0. The summed E-state index contributed by atoms with van der Waals surface area (Å²) in [6.07, 6.45) is 8.69. The number of aromatic hydroxyl groups is 1. The van der Waals surface area contributed by atoms with Crippen molar-refractivity contribution in [1.29, 1.82) is 0 Å². The number of hydrogen-bond acceptors (Lipinski definition) is 7. The zero-order valence-corrected chi connectivity index (χ0v) is 18.9. The topological polar surface area (TPSA) is 96.2 Å². The number of nitrogens with zero attached hydrogens (tertiary/aromatic N) is 5. The summed E-state index contributed by atoms with van der Waals surface area (Å²) < 4.78 is 16.7. The highest BCUT2D eigenvalue weighted by Gasteiger charge is 2.48. The van der Waals surface area contributed by atoms with Crippen molar-refractivity contribution in [3.8, 4) is 28.3 Å². The molecule has 8 nitrogen and oxygen atoms in total. The van der Waals surface area contributed by atoms with Gasteiger partial charge in [-0.15, -0.1) is 0 Å². The molecule has 2 N–H and O–H groups in total. The van der Waals surface area contributed by atoms with Crippen molar-refractivity contribution in [1.82, 2.24) is 24.8 Å². The number of phenolic OH excluding ortho intramolecular Hbond substituents is 1. The molecule has 0 spiro atoms. The Hall–Kier alpha value is -3.33. The molecule has 176 valence electrons. The van der Waals surface area contributed by atoms with Gasteiger partial charge < -0.3 is 19.9 Å². The van der Waals surface area contributed by atoms with Gasteiger partial charge in [-0.25, -0.2) is 14.4 Å². The fraction of sp³-hybridized carbons (Fsp3) is 0.440. The van der Waals surface area contributed by atoms with Gasteiger partial charge >= 0.3 is 0 Å². The Morgan fingerprint density at radius 2 is 1.94 bits per heavy atom. The van der Waals surface area contributed by atoms with Crippen LogP contribution in [0, 0.1) is 0 Å². The molecule has 34 heavy (non-hydrogen) atoms. The maximum absolute atomic E-state index is 15.3. The minimum Gasteiger partial charge on any atom is -0.507 e. The van der Waals surface area contributed by atoms with Gasteiger partial charge in [-0.05, 0) is 44.2 Å². The lowest BCUT2D eigenvalue weighted by molar-refractivity contribution is 0.171. The predicted molar refractivity (Wildman–Crippen MR) is 126 cm³/mol. The number of anilines is 1. The van der Waals surface area contributed by atoms with Gasteiger partial charge in [-0.1, -0.05) is 6.07 Å².